The Morgan fingerprint density at radius 2 is 1.60 bits per heavy atom. The first-order valence-corrected chi connectivity index (χ1v) is 13.7. The van der Waals surface area contributed by atoms with Crippen molar-refractivity contribution in [2.45, 2.75) is 63.7 Å². The maximum Gasteiger partial charge on any atom is 0.265 e. The van der Waals surface area contributed by atoms with Crippen LogP contribution in [0.25, 0.3) is 11.1 Å². The number of hydrogen-bond acceptors (Lipinski definition) is 3. The summed E-state index contributed by atoms with van der Waals surface area (Å²) in [5.41, 5.74) is 6.85. The number of hydrogen-bond donors (Lipinski definition) is 2. The van der Waals surface area contributed by atoms with Gasteiger partial charge in [0.2, 0.25) is 5.91 Å². The Balaban J connectivity index is 1.33. The molecule has 5 rings (SSSR count). The van der Waals surface area contributed by atoms with E-state index in [1.165, 1.54) is 38.5 Å². The molecule has 6 heteroatoms. The Morgan fingerprint density at radius 1 is 0.914 bits per heavy atom. The first-order valence-electron chi connectivity index (χ1n) is 13.3. The average molecular weight is 494 g/mol. The van der Waals surface area contributed by atoms with Crippen molar-refractivity contribution in [3.63, 3.8) is 0 Å². The fraction of sp³-hybridized carbons (Fsp3) is 0.517. The Morgan fingerprint density at radius 3 is 2.26 bits per heavy atom. The summed E-state index contributed by atoms with van der Waals surface area (Å²) in [6.45, 7) is 2.60. The van der Waals surface area contributed by atoms with E-state index in [2.05, 4.69) is 22.9 Å². The molecule has 2 aromatic rings. The van der Waals surface area contributed by atoms with E-state index >= 15 is 0 Å². The monoisotopic (exact) mass is 493 g/mol. The van der Waals surface area contributed by atoms with Gasteiger partial charge in [0, 0.05) is 36.1 Å². The number of rotatable bonds is 6. The molecule has 2 aromatic carbocycles. The van der Waals surface area contributed by atoms with Crippen LogP contribution in [0.3, 0.4) is 0 Å². The standard InChI is InChI=1S/C29H36ClN3O2/c30-26-19-23(20-9-11-22(12-10-20)28(34)32-33-17-5-2-6-18-33)13-14-24(26)27(21-7-3-1-4-8-21)25-15-16-31-29(25)35/h9-14,19,21,25,27H,1-8,15-18H2,(H,31,35)(H,32,34). The Kier molecular flexibility index (Phi) is 7.74. The van der Waals surface area contributed by atoms with Gasteiger partial charge in [-0.15, -0.1) is 0 Å². The lowest BCUT2D eigenvalue weighted by Gasteiger charge is -2.34. The molecule has 2 N–H and O–H groups in total. The van der Waals surface area contributed by atoms with Crippen molar-refractivity contribution in [1.29, 1.82) is 0 Å². The van der Waals surface area contributed by atoms with Crippen LogP contribution in [0.5, 0.6) is 0 Å². The topological polar surface area (TPSA) is 61.4 Å². The summed E-state index contributed by atoms with van der Waals surface area (Å²) in [5, 5.41) is 5.80. The van der Waals surface area contributed by atoms with E-state index in [9.17, 15) is 9.59 Å². The number of carbonyl (C=O) groups excluding carboxylic acids is 2. The summed E-state index contributed by atoms with van der Waals surface area (Å²) < 4.78 is 0. The molecule has 2 aliphatic heterocycles. The van der Waals surface area contributed by atoms with E-state index in [1.807, 2.05) is 35.3 Å². The lowest BCUT2D eigenvalue weighted by Crippen LogP contribution is -2.45. The molecule has 186 valence electrons. The van der Waals surface area contributed by atoms with Crippen LogP contribution < -0.4 is 10.7 Å². The molecule has 0 bridgehead atoms. The summed E-state index contributed by atoms with van der Waals surface area (Å²) in [4.78, 5) is 25.3. The zero-order chi connectivity index (χ0) is 24.2. The van der Waals surface area contributed by atoms with Crippen LogP contribution in [-0.4, -0.2) is 36.5 Å². The summed E-state index contributed by atoms with van der Waals surface area (Å²) in [6.07, 6.45) is 10.5. The van der Waals surface area contributed by atoms with Gasteiger partial charge >= 0.3 is 0 Å². The largest absolute Gasteiger partial charge is 0.356 e. The summed E-state index contributed by atoms with van der Waals surface area (Å²) in [5.74, 6) is 0.828. The molecular formula is C29H36ClN3O2. The van der Waals surface area contributed by atoms with Gasteiger partial charge in [0.05, 0.1) is 0 Å². The zero-order valence-corrected chi connectivity index (χ0v) is 21.2. The van der Waals surface area contributed by atoms with Gasteiger partial charge in [-0.3, -0.25) is 15.0 Å². The van der Waals surface area contributed by atoms with E-state index in [1.54, 1.807) is 0 Å². The summed E-state index contributed by atoms with van der Waals surface area (Å²) in [6, 6.07) is 14.0. The van der Waals surface area contributed by atoms with E-state index < -0.39 is 0 Å². The van der Waals surface area contributed by atoms with Crippen molar-refractivity contribution in [2.75, 3.05) is 19.6 Å². The molecule has 0 spiro atoms. The van der Waals surface area contributed by atoms with Crippen LogP contribution in [0.15, 0.2) is 42.5 Å². The van der Waals surface area contributed by atoms with Gasteiger partial charge < -0.3 is 5.32 Å². The highest BCUT2D eigenvalue weighted by atomic mass is 35.5. The molecule has 2 amide bonds. The molecule has 2 heterocycles. The van der Waals surface area contributed by atoms with Crippen LogP contribution in [0, 0.1) is 11.8 Å². The van der Waals surface area contributed by atoms with Gasteiger partial charge in [0.1, 0.15) is 0 Å². The third-order valence-electron chi connectivity index (χ3n) is 8.14. The third kappa shape index (κ3) is 5.57. The lowest BCUT2D eigenvalue weighted by atomic mass is 9.70. The van der Waals surface area contributed by atoms with Crippen molar-refractivity contribution in [3.05, 3.63) is 58.6 Å². The van der Waals surface area contributed by atoms with Gasteiger partial charge in [-0.25, -0.2) is 5.01 Å². The number of carbonyl (C=O) groups is 2. The fourth-order valence-corrected chi connectivity index (χ4v) is 6.56. The maximum absolute atomic E-state index is 12.7. The molecule has 2 atom stereocenters. The van der Waals surface area contributed by atoms with Crippen molar-refractivity contribution >= 4 is 23.4 Å². The molecule has 35 heavy (non-hydrogen) atoms. The minimum absolute atomic E-state index is 0.0131. The predicted octanol–water partition coefficient (Wildman–Crippen LogP) is 5.94. The summed E-state index contributed by atoms with van der Waals surface area (Å²) in [7, 11) is 0. The van der Waals surface area contributed by atoms with E-state index in [0.717, 1.165) is 60.6 Å². The van der Waals surface area contributed by atoms with Gasteiger partial charge in [0.15, 0.2) is 0 Å². The predicted molar refractivity (Wildman–Crippen MR) is 140 cm³/mol. The van der Waals surface area contributed by atoms with Gasteiger partial charge in [0.25, 0.3) is 5.91 Å². The van der Waals surface area contributed by atoms with E-state index in [0.29, 0.717) is 11.5 Å². The van der Waals surface area contributed by atoms with Crippen molar-refractivity contribution in [2.24, 2.45) is 11.8 Å². The van der Waals surface area contributed by atoms with Gasteiger partial charge in [-0.1, -0.05) is 61.5 Å². The molecule has 3 fully saturated rings. The Bertz CT molecular complexity index is 1040. The van der Waals surface area contributed by atoms with Crippen LogP contribution >= 0.6 is 11.6 Å². The number of amides is 2. The minimum atomic E-state index is -0.0583. The average Bonchev–Trinajstić information content (AvgIpc) is 3.32. The number of halogens is 1. The lowest BCUT2D eigenvalue weighted by molar-refractivity contribution is -0.123. The Labute approximate surface area is 213 Å². The quantitative estimate of drug-likeness (QED) is 0.523. The van der Waals surface area contributed by atoms with Crippen molar-refractivity contribution < 1.29 is 9.59 Å². The molecule has 0 aromatic heterocycles. The molecule has 1 saturated carbocycles. The number of piperidine rings is 1. The number of benzene rings is 2. The van der Waals surface area contributed by atoms with E-state index in [4.69, 9.17) is 11.6 Å². The molecule has 3 aliphatic rings. The van der Waals surface area contributed by atoms with Gasteiger partial charge in [-0.05, 0) is 78.8 Å². The molecule has 5 nitrogen and oxygen atoms in total. The smallest absolute Gasteiger partial charge is 0.265 e. The minimum Gasteiger partial charge on any atom is -0.356 e. The van der Waals surface area contributed by atoms with E-state index in [-0.39, 0.29) is 23.7 Å². The van der Waals surface area contributed by atoms with Crippen LogP contribution in [0.2, 0.25) is 5.02 Å². The highest BCUT2D eigenvalue weighted by Crippen LogP contribution is 2.45. The number of hydrazine groups is 1. The molecule has 2 saturated heterocycles. The number of nitrogens with zero attached hydrogens (tertiary/aromatic N) is 1. The second kappa shape index (κ2) is 11.1. The Hall–Kier alpha value is -2.37. The molecule has 1 aliphatic carbocycles. The van der Waals surface area contributed by atoms with Crippen molar-refractivity contribution in [3.8, 4) is 11.1 Å². The second-order valence-corrected chi connectivity index (χ2v) is 10.8. The first kappa shape index (κ1) is 24.3. The molecular weight excluding hydrogens is 458 g/mol. The van der Waals surface area contributed by atoms with Crippen LogP contribution in [0.1, 0.15) is 79.6 Å². The van der Waals surface area contributed by atoms with Crippen LogP contribution in [-0.2, 0) is 4.79 Å². The van der Waals surface area contributed by atoms with Crippen LogP contribution in [0.4, 0.5) is 0 Å². The zero-order valence-electron chi connectivity index (χ0n) is 20.4. The molecule has 2 unspecified atom stereocenters. The van der Waals surface area contributed by atoms with Gasteiger partial charge in [-0.2, -0.15) is 0 Å². The third-order valence-corrected chi connectivity index (χ3v) is 8.47. The maximum atomic E-state index is 12.7. The van der Waals surface area contributed by atoms with Crippen molar-refractivity contribution in [1.82, 2.24) is 15.8 Å². The summed E-state index contributed by atoms with van der Waals surface area (Å²) >= 11 is 6.91. The number of nitrogens with one attached hydrogen (secondary N) is 2. The normalized spacial score (nSPS) is 22.5. The second-order valence-electron chi connectivity index (χ2n) is 10.4. The fourth-order valence-electron chi connectivity index (χ4n) is 6.25. The first-order chi connectivity index (χ1) is 17.1. The highest BCUT2D eigenvalue weighted by Gasteiger charge is 2.39. The SMILES string of the molecule is O=C(NN1CCCCC1)c1ccc(-c2ccc(C(C3CCCCC3)C3CCNC3=O)c(Cl)c2)cc1. The highest BCUT2D eigenvalue weighted by molar-refractivity contribution is 6.31. The molecule has 0 radical (unpaired) electrons.